The molecule has 4 amide bonds. The molecule has 0 bridgehead atoms. The number of alkyl halides is 3. The normalized spacial score (nSPS) is 15.1. The maximum absolute atomic E-state index is 13.9. The molecule has 0 saturated carbocycles. The van der Waals surface area contributed by atoms with E-state index < -0.39 is 46.8 Å². The molecule has 206 valence electrons. The molecule has 38 heavy (non-hydrogen) atoms. The van der Waals surface area contributed by atoms with E-state index in [1.54, 1.807) is 20.8 Å². The minimum absolute atomic E-state index is 0.0519. The van der Waals surface area contributed by atoms with E-state index in [0.717, 1.165) is 22.3 Å². The van der Waals surface area contributed by atoms with Crippen LogP contribution in [0, 0.1) is 5.41 Å². The van der Waals surface area contributed by atoms with Gasteiger partial charge in [0.1, 0.15) is 12.6 Å². The summed E-state index contributed by atoms with van der Waals surface area (Å²) in [5.74, 6) is -2.52. The van der Waals surface area contributed by atoms with Crippen molar-refractivity contribution in [2.24, 2.45) is 5.41 Å². The summed E-state index contributed by atoms with van der Waals surface area (Å²) in [5.41, 5.74) is -2.58. The van der Waals surface area contributed by atoms with Gasteiger partial charge in [-0.25, -0.2) is 0 Å². The lowest BCUT2D eigenvalue weighted by molar-refractivity contribution is -0.137. The third kappa shape index (κ3) is 7.45. The lowest BCUT2D eigenvalue weighted by atomic mass is 9.95. The average molecular weight is 575 g/mol. The molecular formula is C24H26ClF3N4O5S. The quantitative estimate of drug-likeness (QED) is 0.466. The summed E-state index contributed by atoms with van der Waals surface area (Å²) >= 11 is 6.87. The number of hydrogen-bond donors (Lipinski definition) is 3. The van der Waals surface area contributed by atoms with Gasteiger partial charge in [0.25, 0.3) is 11.8 Å². The van der Waals surface area contributed by atoms with Crippen LogP contribution < -0.4 is 20.9 Å². The van der Waals surface area contributed by atoms with E-state index in [0.29, 0.717) is 10.4 Å². The van der Waals surface area contributed by atoms with Crippen molar-refractivity contribution in [3.8, 4) is 0 Å². The van der Waals surface area contributed by atoms with Crippen molar-refractivity contribution in [2.45, 2.75) is 33.0 Å². The standard InChI is InChI=1S/C24H26ClF3N4O5S/c1-23(2,3)22(36)31-15(11-29-21(35)17-6-7-18(25)38-17)20(34)30-13-4-5-16(14(10-13)24(26,27)28)32-8-9-37-12-19(32)33/h4-7,10,15H,8-9,11-12H2,1-3H3,(H,29,35)(H,30,34)(H,31,36)/t15-/m0/s1. The number of morpholine rings is 1. The predicted octanol–water partition coefficient (Wildman–Crippen LogP) is 3.68. The summed E-state index contributed by atoms with van der Waals surface area (Å²) in [4.78, 5) is 51.4. The highest BCUT2D eigenvalue weighted by Gasteiger charge is 2.37. The van der Waals surface area contributed by atoms with E-state index in [1.165, 1.54) is 18.2 Å². The van der Waals surface area contributed by atoms with Crippen LogP contribution in [0.25, 0.3) is 0 Å². The van der Waals surface area contributed by atoms with Crippen LogP contribution in [0.2, 0.25) is 4.34 Å². The number of nitrogens with zero attached hydrogens (tertiary/aromatic N) is 1. The van der Waals surface area contributed by atoms with Gasteiger partial charge in [-0.3, -0.25) is 19.2 Å². The largest absolute Gasteiger partial charge is 0.418 e. The summed E-state index contributed by atoms with van der Waals surface area (Å²) in [6.45, 7) is 4.20. The number of ether oxygens (including phenoxy) is 1. The van der Waals surface area contributed by atoms with Crippen LogP contribution >= 0.6 is 22.9 Å². The van der Waals surface area contributed by atoms with E-state index >= 15 is 0 Å². The van der Waals surface area contributed by atoms with Crippen LogP contribution in [0.1, 0.15) is 36.0 Å². The highest BCUT2D eigenvalue weighted by atomic mass is 35.5. The Balaban J connectivity index is 1.83. The summed E-state index contributed by atoms with van der Waals surface area (Å²) in [5, 5.41) is 7.42. The van der Waals surface area contributed by atoms with Gasteiger partial charge < -0.3 is 25.6 Å². The molecule has 0 spiro atoms. The molecule has 0 radical (unpaired) electrons. The van der Waals surface area contributed by atoms with Crippen molar-refractivity contribution in [1.29, 1.82) is 0 Å². The summed E-state index contributed by atoms with van der Waals surface area (Å²) in [6.07, 6.45) is -4.83. The molecule has 9 nitrogen and oxygen atoms in total. The molecule has 1 aliphatic heterocycles. The van der Waals surface area contributed by atoms with Crippen molar-refractivity contribution in [1.82, 2.24) is 10.6 Å². The van der Waals surface area contributed by atoms with Crippen molar-refractivity contribution < 1.29 is 37.1 Å². The van der Waals surface area contributed by atoms with Crippen LogP contribution in [0.5, 0.6) is 0 Å². The summed E-state index contributed by atoms with van der Waals surface area (Å²) in [6, 6.07) is 4.73. The molecular weight excluding hydrogens is 549 g/mol. The third-order valence-corrected chi connectivity index (χ3v) is 6.64. The Bertz CT molecular complexity index is 1230. The number of nitrogens with one attached hydrogen (secondary N) is 3. The number of thiophene rings is 1. The highest BCUT2D eigenvalue weighted by molar-refractivity contribution is 7.18. The SMILES string of the molecule is CC(C)(C)C(=O)N[C@@H](CNC(=O)c1ccc(Cl)s1)C(=O)Nc1ccc(N2CCOCC2=O)c(C(F)(F)F)c1. The van der Waals surface area contributed by atoms with Gasteiger partial charge in [-0.1, -0.05) is 32.4 Å². The van der Waals surface area contributed by atoms with Gasteiger partial charge in [-0.15, -0.1) is 11.3 Å². The number of benzene rings is 1. The smallest absolute Gasteiger partial charge is 0.370 e. The van der Waals surface area contributed by atoms with Gasteiger partial charge in [0.2, 0.25) is 11.8 Å². The van der Waals surface area contributed by atoms with Gasteiger partial charge in [0.05, 0.1) is 27.1 Å². The second-order valence-electron chi connectivity index (χ2n) is 9.41. The maximum atomic E-state index is 13.9. The molecule has 1 aromatic heterocycles. The Labute approximate surface area is 225 Å². The summed E-state index contributed by atoms with van der Waals surface area (Å²) in [7, 11) is 0. The number of amides is 4. The van der Waals surface area contributed by atoms with Crippen molar-refractivity contribution in [3.63, 3.8) is 0 Å². The lowest BCUT2D eigenvalue weighted by Gasteiger charge is -2.29. The van der Waals surface area contributed by atoms with E-state index in [1.807, 2.05) is 0 Å². The first kappa shape index (κ1) is 29.4. The Kier molecular flexibility index (Phi) is 9.05. The number of anilines is 2. The highest BCUT2D eigenvalue weighted by Crippen LogP contribution is 2.38. The van der Waals surface area contributed by atoms with Gasteiger partial charge in [0.15, 0.2) is 0 Å². The predicted molar refractivity (Wildman–Crippen MR) is 136 cm³/mol. The molecule has 3 N–H and O–H groups in total. The Morgan fingerprint density at radius 3 is 2.45 bits per heavy atom. The molecule has 1 aromatic carbocycles. The van der Waals surface area contributed by atoms with Crippen molar-refractivity contribution >= 4 is 57.9 Å². The molecule has 1 atom stereocenters. The Morgan fingerprint density at radius 2 is 1.87 bits per heavy atom. The number of hydrogen-bond acceptors (Lipinski definition) is 6. The Morgan fingerprint density at radius 1 is 1.16 bits per heavy atom. The Hall–Kier alpha value is -3.16. The molecule has 1 aliphatic rings. The zero-order valence-electron chi connectivity index (χ0n) is 20.7. The molecule has 2 heterocycles. The molecule has 3 rings (SSSR count). The first-order valence-electron chi connectivity index (χ1n) is 11.4. The van der Waals surface area contributed by atoms with Gasteiger partial charge in [-0.05, 0) is 30.3 Å². The number of carbonyl (C=O) groups excluding carboxylic acids is 4. The van der Waals surface area contributed by atoms with E-state index in [4.69, 9.17) is 16.3 Å². The number of rotatable bonds is 7. The second kappa shape index (κ2) is 11.7. The lowest BCUT2D eigenvalue weighted by Crippen LogP contribution is -2.53. The molecule has 14 heteroatoms. The van der Waals surface area contributed by atoms with Crippen LogP contribution in [-0.2, 0) is 25.3 Å². The maximum Gasteiger partial charge on any atom is 0.418 e. The fourth-order valence-corrected chi connectivity index (χ4v) is 4.34. The zero-order chi connectivity index (χ0) is 28.3. The zero-order valence-corrected chi connectivity index (χ0v) is 22.3. The molecule has 0 unspecified atom stereocenters. The topological polar surface area (TPSA) is 117 Å². The van der Waals surface area contributed by atoms with Crippen LogP contribution in [0.15, 0.2) is 30.3 Å². The second-order valence-corrected chi connectivity index (χ2v) is 11.1. The van der Waals surface area contributed by atoms with Crippen molar-refractivity contribution in [2.75, 3.05) is 36.5 Å². The van der Waals surface area contributed by atoms with Gasteiger partial charge >= 0.3 is 6.18 Å². The fraction of sp³-hybridized carbons (Fsp3) is 0.417. The van der Waals surface area contributed by atoms with Crippen LogP contribution in [-0.4, -0.2) is 56.0 Å². The fourth-order valence-electron chi connectivity index (χ4n) is 3.38. The van der Waals surface area contributed by atoms with E-state index in [-0.39, 0.29) is 42.6 Å². The first-order valence-corrected chi connectivity index (χ1v) is 12.6. The minimum Gasteiger partial charge on any atom is -0.370 e. The van der Waals surface area contributed by atoms with Crippen LogP contribution in [0.4, 0.5) is 24.5 Å². The van der Waals surface area contributed by atoms with Gasteiger partial charge in [-0.2, -0.15) is 13.2 Å². The molecule has 0 aliphatic carbocycles. The third-order valence-electron chi connectivity index (χ3n) is 5.41. The molecule has 1 fully saturated rings. The molecule has 1 saturated heterocycles. The van der Waals surface area contributed by atoms with Crippen molar-refractivity contribution in [3.05, 3.63) is 45.1 Å². The molecule has 2 aromatic rings. The minimum atomic E-state index is -4.83. The number of halogens is 4. The van der Waals surface area contributed by atoms with E-state index in [2.05, 4.69) is 16.0 Å². The average Bonchev–Trinajstić information content (AvgIpc) is 3.27. The number of carbonyl (C=O) groups is 4. The van der Waals surface area contributed by atoms with Gasteiger partial charge in [0, 0.05) is 24.2 Å². The monoisotopic (exact) mass is 574 g/mol. The van der Waals surface area contributed by atoms with E-state index in [9.17, 15) is 32.3 Å². The van der Waals surface area contributed by atoms with Crippen LogP contribution in [0.3, 0.4) is 0 Å². The first-order chi connectivity index (χ1) is 17.7. The summed E-state index contributed by atoms with van der Waals surface area (Å²) < 4.78 is 47.0.